The fraction of sp³-hybridized carbons (Fsp3) is 0.667. The molecule has 0 aliphatic carbocycles. The van der Waals surface area contributed by atoms with Gasteiger partial charge in [0.15, 0.2) is 5.15 Å². The molecule has 1 aliphatic rings. The average molecular weight is 348 g/mol. The van der Waals surface area contributed by atoms with Gasteiger partial charge in [-0.05, 0) is 45.7 Å². The summed E-state index contributed by atoms with van der Waals surface area (Å²) in [6.45, 7) is 5.77. The van der Waals surface area contributed by atoms with Crippen molar-refractivity contribution in [3.63, 3.8) is 0 Å². The van der Waals surface area contributed by atoms with E-state index in [0.29, 0.717) is 0 Å². The molecule has 0 aromatic carbocycles. The number of aromatic nitrogens is 2. The van der Waals surface area contributed by atoms with Crippen LogP contribution in [0.5, 0.6) is 0 Å². The minimum atomic E-state index is -3.10. The van der Waals surface area contributed by atoms with Crippen LogP contribution < -0.4 is 0 Å². The molecule has 1 aromatic rings. The second-order valence-corrected chi connectivity index (χ2v) is 6.99. The molecular formula is C15H20ClF2N3O2. The summed E-state index contributed by atoms with van der Waals surface area (Å²) in [6, 6.07) is 2.49. The smallest absolute Gasteiger partial charge is 0.410 e. The zero-order valence-corrected chi connectivity index (χ0v) is 14.1. The first-order chi connectivity index (χ1) is 10.6. The van der Waals surface area contributed by atoms with Crippen LogP contribution in [0.25, 0.3) is 0 Å². The number of hydrogen-bond acceptors (Lipinski definition) is 4. The van der Waals surface area contributed by atoms with E-state index in [1.165, 1.54) is 17.0 Å². The van der Waals surface area contributed by atoms with Gasteiger partial charge in [-0.25, -0.2) is 4.79 Å². The molecule has 1 aromatic heterocycles. The summed E-state index contributed by atoms with van der Waals surface area (Å²) in [6.07, 6.45) is -0.113. The Labute approximate surface area is 139 Å². The van der Waals surface area contributed by atoms with Crippen molar-refractivity contribution >= 4 is 17.7 Å². The van der Waals surface area contributed by atoms with Gasteiger partial charge in [-0.15, -0.1) is 10.2 Å². The van der Waals surface area contributed by atoms with Crippen molar-refractivity contribution in [2.75, 3.05) is 13.1 Å². The first kappa shape index (κ1) is 17.8. The summed E-state index contributed by atoms with van der Waals surface area (Å²) in [5.41, 5.74) is -0.992. The Kier molecular flexibility index (Phi) is 5.08. The van der Waals surface area contributed by atoms with E-state index in [1.807, 2.05) is 0 Å². The molecule has 1 fully saturated rings. The predicted octanol–water partition coefficient (Wildman–Crippen LogP) is 3.87. The Hall–Kier alpha value is -1.50. The summed E-state index contributed by atoms with van der Waals surface area (Å²) in [4.78, 5) is 13.4. The molecule has 0 spiro atoms. The zero-order chi connectivity index (χ0) is 17.3. The Bertz CT molecular complexity index is 553. The van der Waals surface area contributed by atoms with Gasteiger partial charge in [-0.2, -0.15) is 8.78 Å². The van der Waals surface area contributed by atoms with E-state index in [2.05, 4.69) is 10.2 Å². The zero-order valence-electron chi connectivity index (χ0n) is 13.4. The summed E-state index contributed by atoms with van der Waals surface area (Å²) in [7, 11) is 0. The second-order valence-electron chi connectivity index (χ2n) is 6.61. The van der Waals surface area contributed by atoms with Crippen LogP contribution in [0.1, 0.15) is 39.3 Å². The van der Waals surface area contributed by atoms with Crippen LogP contribution in [-0.2, 0) is 10.7 Å². The Balaban J connectivity index is 1.98. The largest absolute Gasteiger partial charge is 0.444 e. The number of ether oxygens (including phenoxy) is 1. The van der Waals surface area contributed by atoms with E-state index >= 15 is 0 Å². The molecule has 0 atom stereocenters. The molecule has 1 saturated heterocycles. The first-order valence-corrected chi connectivity index (χ1v) is 7.83. The van der Waals surface area contributed by atoms with Gasteiger partial charge in [-0.1, -0.05) is 11.6 Å². The number of carbonyl (C=O) groups is 1. The van der Waals surface area contributed by atoms with Crippen molar-refractivity contribution in [1.82, 2.24) is 15.1 Å². The Morgan fingerprint density at radius 1 is 1.26 bits per heavy atom. The molecule has 2 rings (SSSR count). The number of carbonyl (C=O) groups excluding carboxylic acids is 1. The fourth-order valence-electron chi connectivity index (χ4n) is 2.45. The van der Waals surface area contributed by atoms with Crippen LogP contribution in [0.3, 0.4) is 0 Å². The Morgan fingerprint density at radius 2 is 1.87 bits per heavy atom. The quantitative estimate of drug-likeness (QED) is 0.815. The summed E-state index contributed by atoms with van der Waals surface area (Å²) in [5.74, 6) is -3.99. The lowest BCUT2D eigenvalue weighted by Crippen LogP contribution is -2.44. The molecule has 8 heteroatoms. The van der Waals surface area contributed by atoms with Gasteiger partial charge in [0, 0.05) is 19.0 Å². The SMILES string of the molecule is CC(C)(C)OC(=O)N1CCC(C(F)(F)c2ccc(Cl)nn2)CC1. The molecule has 0 bridgehead atoms. The van der Waals surface area contributed by atoms with Crippen molar-refractivity contribution < 1.29 is 18.3 Å². The highest BCUT2D eigenvalue weighted by atomic mass is 35.5. The van der Waals surface area contributed by atoms with Crippen molar-refractivity contribution in [3.8, 4) is 0 Å². The van der Waals surface area contributed by atoms with Crippen LogP contribution in [0.2, 0.25) is 5.15 Å². The molecule has 0 saturated carbocycles. The third-order valence-electron chi connectivity index (χ3n) is 3.63. The second kappa shape index (κ2) is 6.55. The summed E-state index contributed by atoms with van der Waals surface area (Å²) >= 11 is 5.58. The van der Waals surface area contributed by atoms with Crippen LogP contribution in [0.4, 0.5) is 13.6 Å². The van der Waals surface area contributed by atoms with E-state index < -0.39 is 29.2 Å². The summed E-state index contributed by atoms with van der Waals surface area (Å²) < 4.78 is 34.2. The number of rotatable bonds is 2. The van der Waals surface area contributed by atoms with Crippen molar-refractivity contribution in [2.45, 2.75) is 45.1 Å². The maximum absolute atomic E-state index is 14.5. The average Bonchev–Trinajstić information content (AvgIpc) is 2.46. The molecule has 128 valence electrons. The van der Waals surface area contributed by atoms with Crippen LogP contribution in [-0.4, -0.2) is 39.9 Å². The van der Waals surface area contributed by atoms with Gasteiger partial charge in [0.05, 0.1) is 0 Å². The maximum Gasteiger partial charge on any atom is 0.410 e. The van der Waals surface area contributed by atoms with Gasteiger partial charge < -0.3 is 9.64 Å². The van der Waals surface area contributed by atoms with Crippen molar-refractivity contribution in [2.24, 2.45) is 5.92 Å². The van der Waals surface area contributed by atoms with E-state index in [9.17, 15) is 13.6 Å². The van der Waals surface area contributed by atoms with E-state index in [1.54, 1.807) is 20.8 Å². The lowest BCUT2D eigenvalue weighted by Gasteiger charge is -2.36. The highest BCUT2D eigenvalue weighted by molar-refractivity contribution is 6.29. The molecule has 5 nitrogen and oxygen atoms in total. The molecule has 1 aliphatic heterocycles. The van der Waals surface area contributed by atoms with Crippen LogP contribution in [0.15, 0.2) is 12.1 Å². The molecule has 1 amide bonds. The van der Waals surface area contributed by atoms with E-state index in [-0.39, 0.29) is 31.1 Å². The standard InChI is InChI=1S/C15H20ClF2N3O2/c1-14(2,3)23-13(22)21-8-6-10(7-9-21)15(17,18)11-4-5-12(16)20-19-11/h4-5,10H,6-9H2,1-3H3. The highest BCUT2D eigenvalue weighted by Gasteiger charge is 2.45. The first-order valence-electron chi connectivity index (χ1n) is 7.45. The van der Waals surface area contributed by atoms with E-state index in [0.717, 1.165) is 0 Å². The lowest BCUT2D eigenvalue weighted by atomic mass is 9.88. The van der Waals surface area contributed by atoms with Crippen LogP contribution >= 0.6 is 11.6 Å². The number of amides is 1. The normalized spacial score (nSPS) is 17.2. The minimum Gasteiger partial charge on any atom is -0.444 e. The van der Waals surface area contributed by atoms with Gasteiger partial charge in [0.2, 0.25) is 0 Å². The van der Waals surface area contributed by atoms with Gasteiger partial charge in [-0.3, -0.25) is 0 Å². The molecule has 2 heterocycles. The minimum absolute atomic E-state index is 0.0734. The van der Waals surface area contributed by atoms with Gasteiger partial charge >= 0.3 is 6.09 Å². The predicted molar refractivity (Wildman–Crippen MR) is 81.5 cm³/mol. The number of hydrogen-bond donors (Lipinski definition) is 0. The number of alkyl halides is 2. The molecule has 0 radical (unpaired) electrons. The summed E-state index contributed by atoms with van der Waals surface area (Å²) in [5, 5.41) is 7.04. The lowest BCUT2D eigenvalue weighted by molar-refractivity contribution is -0.0900. The number of halogens is 3. The monoisotopic (exact) mass is 347 g/mol. The van der Waals surface area contributed by atoms with E-state index in [4.69, 9.17) is 16.3 Å². The number of piperidine rings is 1. The number of nitrogens with zero attached hydrogens (tertiary/aromatic N) is 3. The topological polar surface area (TPSA) is 55.3 Å². The third-order valence-corrected chi connectivity index (χ3v) is 3.83. The maximum atomic E-state index is 14.5. The van der Waals surface area contributed by atoms with Gasteiger partial charge in [0.25, 0.3) is 5.92 Å². The van der Waals surface area contributed by atoms with Crippen LogP contribution in [0, 0.1) is 5.92 Å². The third kappa shape index (κ3) is 4.50. The van der Waals surface area contributed by atoms with Crippen molar-refractivity contribution in [3.05, 3.63) is 23.0 Å². The molecule has 23 heavy (non-hydrogen) atoms. The molecular weight excluding hydrogens is 328 g/mol. The highest BCUT2D eigenvalue weighted by Crippen LogP contribution is 2.40. The molecule has 0 unspecified atom stereocenters. The number of likely N-dealkylation sites (tertiary alicyclic amines) is 1. The van der Waals surface area contributed by atoms with Crippen molar-refractivity contribution in [1.29, 1.82) is 0 Å². The van der Waals surface area contributed by atoms with Gasteiger partial charge in [0.1, 0.15) is 11.3 Å². The molecule has 0 N–H and O–H groups in total. The fourth-order valence-corrected chi connectivity index (χ4v) is 2.55. The Morgan fingerprint density at radius 3 is 2.35 bits per heavy atom.